The molecular weight excluding hydrogens is 511 g/mol. The molecule has 0 amide bonds. The van der Waals surface area contributed by atoms with Gasteiger partial charge in [-0.3, -0.25) is 0 Å². The van der Waals surface area contributed by atoms with E-state index in [1.165, 1.54) is 11.1 Å². The number of imidazole rings is 1. The molecule has 0 unspecified atom stereocenters. The monoisotopic (exact) mass is 536 g/mol. The number of benzene rings is 5. The molecule has 0 fully saturated rings. The molecule has 7 heteroatoms. The third-order valence-electron chi connectivity index (χ3n) is 6.25. The van der Waals surface area contributed by atoms with Gasteiger partial charge in [0.25, 0.3) is 5.82 Å². The molecule has 0 saturated heterocycles. The first kappa shape index (κ1) is 26.7. The SMILES string of the molecule is F[B-](F)(F)F.c1ccc(-c2c(-c3ccccc3)[n+](-c3ccccc3)c(-c3ccccc3)n2-c2ccccc2)cc1. The average Bonchev–Trinajstić information content (AvgIpc) is 3.35. The van der Waals surface area contributed by atoms with Crippen LogP contribution in [0.1, 0.15) is 0 Å². The Labute approximate surface area is 230 Å². The maximum absolute atomic E-state index is 9.75. The highest BCUT2D eigenvalue weighted by Crippen LogP contribution is 2.38. The molecule has 198 valence electrons. The molecule has 1 heterocycles. The van der Waals surface area contributed by atoms with Gasteiger partial charge >= 0.3 is 7.25 Å². The summed E-state index contributed by atoms with van der Waals surface area (Å²) in [5, 5.41) is 0. The van der Waals surface area contributed by atoms with Crippen molar-refractivity contribution in [2.75, 3.05) is 0 Å². The Hall–Kier alpha value is -4.91. The highest BCUT2D eigenvalue weighted by Gasteiger charge is 2.35. The third kappa shape index (κ3) is 6.05. The molecule has 40 heavy (non-hydrogen) atoms. The Morgan fingerprint density at radius 2 is 0.825 bits per heavy atom. The maximum Gasteiger partial charge on any atom is 0.673 e. The summed E-state index contributed by atoms with van der Waals surface area (Å²) < 4.78 is 43.8. The zero-order valence-corrected chi connectivity index (χ0v) is 21.4. The lowest BCUT2D eigenvalue weighted by Crippen LogP contribution is -2.34. The minimum absolute atomic E-state index is 1.11. The van der Waals surface area contributed by atoms with Crippen LogP contribution in [0.2, 0.25) is 0 Å². The molecule has 2 nitrogen and oxygen atoms in total. The van der Waals surface area contributed by atoms with Crippen LogP contribution in [0.25, 0.3) is 45.3 Å². The summed E-state index contributed by atoms with van der Waals surface area (Å²) in [6.07, 6.45) is 0. The molecule has 0 aliphatic heterocycles. The number of aromatic nitrogens is 2. The Bertz CT molecular complexity index is 1350. The second kappa shape index (κ2) is 11.9. The van der Waals surface area contributed by atoms with Gasteiger partial charge in [-0.15, -0.1) is 0 Å². The Balaban J connectivity index is 0.000000595. The van der Waals surface area contributed by atoms with Crippen molar-refractivity contribution < 1.29 is 21.8 Å². The van der Waals surface area contributed by atoms with E-state index in [1.54, 1.807) is 0 Å². The van der Waals surface area contributed by atoms with Crippen molar-refractivity contribution in [2.45, 2.75) is 0 Å². The van der Waals surface area contributed by atoms with Crippen molar-refractivity contribution in [1.82, 2.24) is 4.57 Å². The topological polar surface area (TPSA) is 8.81 Å². The van der Waals surface area contributed by atoms with Crippen molar-refractivity contribution in [3.63, 3.8) is 0 Å². The first-order chi connectivity index (χ1) is 19.4. The zero-order valence-electron chi connectivity index (χ0n) is 21.4. The van der Waals surface area contributed by atoms with Crippen LogP contribution in [0, 0.1) is 0 Å². The van der Waals surface area contributed by atoms with Crippen molar-refractivity contribution in [2.24, 2.45) is 0 Å². The van der Waals surface area contributed by atoms with Crippen molar-refractivity contribution in [3.8, 4) is 45.3 Å². The van der Waals surface area contributed by atoms with E-state index in [4.69, 9.17) is 0 Å². The minimum atomic E-state index is -6.00. The van der Waals surface area contributed by atoms with E-state index >= 15 is 0 Å². The molecular formula is C33H25BF4N2. The average molecular weight is 536 g/mol. The van der Waals surface area contributed by atoms with Crippen LogP contribution in [-0.2, 0) is 0 Å². The van der Waals surface area contributed by atoms with E-state index in [9.17, 15) is 17.3 Å². The third-order valence-corrected chi connectivity index (χ3v) is 6.25. The Kier molecular flexibility index (Phi) is 7.92. The van der Waals surface area contributed by atoms with Gasteiger partial charge in [0.1, 0.15) is 11.4 Å². The van der Waals surface area contributed by atoms with Gasteiger partial charge in [-0.2, -0.15) is 9.13 Å². The predicted molar refractivity (Wildman–Crippen MR) is 154 cm³/mol. The lowest BCUT2D eigenvalue weighted by atomic mass is 10.0. The summed E-state index contributed by atoms with van der Waals surface area (Å²) in [5.41, 5.74) is 8.05. The summed E-state index contributed by atoms with van der Waals surface area (Å²) in [7, 11) is -6.00. The smallest absolute Gasteiger partial charge is 0.418 e. The standard InChI is InChI=1S/C33H25N2.BF4/c1-6-16-26(17-7-1)31-32(27-18-8-2-9-19-27)35(30-24-14-5-15-25-30)33(28-20-10-3-11-21-28)34(31)29-22-12-4-13-23-29;2-1(3,4)5/h1-25H;/q+1;-1. The van der Waals surface area contributed by atoms with Gasteiger partial charge in [0.05, 0.1) is 5.56 Å². The summed E-state index contributed by atoms with van der Waals surface area (Å²) in [6, 6.07) is 53.4. The Morgan fingerprint density at radius 1 is 0.450 bits per heavy atom. The van der Waals surface area contributed by atoms with Crippen molar-refractivity contribution in [3.05, 3.63) is 152 Å². The fourth-order valence-corrected chi connectivity index (χ4v) is 4.75. The van der Waals surface area contributed by atoms with Crippen LogP contribution in [0.4, 0.5) is 17.3 Å². The molecule has 5 aromatic carbocycles. The number of hydrogen-bond donors (Lipinski definition) is 0. The van der Waals surface area contributed by atoms with E-state index in [0.717, 1.165) is 34.2 Å². The lowest BCUT2D eigenvalue weighted by Gasteiger charge is -2.07. The first-order valence-corrected chi connectivity index (χ1v) is 12.8. The lowest BCUT2D eigenvalue weighted by molar-refractivity contribution is -0.571. The molecule has 6 aromatic rings. The molecule has 1 aromatic heterocycles. The highest BCUT2D eigenvalue weighted by atomic mass is 19.5. The van der Waals surface area contributed by atoms with Gasteiger partial charge in [0.2, 0.25) is 0 Å². The van der Waals surface area contributed by atoms with E-state index in [1.807, 2.05) is 0 Å². The molecule has 0 spiro atoms. The molecule has 6 rings (SSSR count). The van der Waals surface area contributed by atoms with Crippen LogP contribution in [0.15, 0.2) is 152 Å². The molecule has 0 aliphatic carbocycles. The van der Waals surface area contributed by atoms with Crippen LogP contribution in [-0.4, -0.2) is 11.8 Å². The maximum atomic E-state index is 9.75. The van der Waals surface area contributed by atoms with Gasteiger partial charge in [-0.1, -0.05) is 115 Å². The molecule has 0 saturated carbocycles. The first-order valence-electron chi connectivity index (χ1n) is 12.8. The minimum Gasteiger partial charge on any atom is -0.418 e. The number of nitrogens with zero attached hydrogens (tertiary/aromatic N) is 2. The molecule has 0 N–H and O–H groups in total. The summed E-state index contributed by atoms with van der Waals surface area (Å²) >= 11 is 0. The fourth-order valence-electron chi connectivity index (χ4n) is 4.75. The second-order valence-electron chi connectivity index (χ2n) is 8.96. The van der Waals surface area contributed by atoms with Crippen molar-refractivity contribution in [1.29, 1.82) is 0 Å². The van der Waals surface area contributed by atoms with Crippen LogP contribution >= 0.6 is 0 Å². The number of rotatable bonds is 5. The van der Waals surface area contributed by atoms with E-state index < -0.39 is 7.25 Å². The molecule has 0 atom stereocenters. The summed E-state index contributed by atoms with van der Waals surface area (Å²) in [4.78, 5) is 0. The van der Waals surface area contributed by atoms with Crippen LogP contribution in [0.3, 0.4) is 0 Å². The van der Waals surface area contributed by atoms with Gasteiger partial charge in [0, 0.05) is 11.1 Å². The number of halogens is 4. The number of para-hydroxylation sites is 2. The normalized spacial score (nSPS) is 11.0. The van der Waals surface area contributed by atoms with E-state index in [-0.39, 0.29) is 0 Å². The second-order valence-corrected chi connectivity index (χ2v) is 8.96. The summed E-state index contributed by atoms with van der Waals surface area (Å²) in [5.74, 6) is 1.11. The Morgan fingerprint density at radius 3 is 1.30 bits per heavy atom. The molecule has 0 aliphatic rings. The quantitative estimate of drug-likeness (QED) is 0.118. The van der Waals surface area contributed by atoms with E-state index in [2.05, 4.69) is 161 Å². The van der Waals surface area contributed by atoms with Crippen LogP contribution in [0.5, 0.6) is 0 Å². The highest BCUT2D eigenvalue weighted by molar-refractivity contribution is 6.50. The molecule has 0 bridgehead atoms. The van der Waals surface area contributed by atoms with Gasteiger partial charge in [-0.25, -0.2) is 0 Å². The molecule has 0 radical (unpaired) electrons. The zero-order chi connectivity index (χ0) is 28.0. The van der Waals surface area contributed by atoms with Gasteiger partial charge in [-0.05, 0) is 36.4 Å². The number of hydrogen-bond acceptors (Lipinski definition) is 0. The fraction of sp³-hybridized carbons (Fsp3) is 0. The largest absolute Gasteiger partial charge is 0.673 e. The predicted octanol–water partition coefficient (Wildman–Crippen LogP) is 9.06. The van der Waals surface area contributed by atoms with E-state index in [0.29, 0.717) is 0 Å². The van der Waals surface area contributed by atoms with Gasteiger partial charge in [0.15, 0.2) is 11.4 Å². The van der Waals surface area contributed by atoms with Crippen LogP contribution < -0.4 is 4.57 Å². The van der Waals surface area contributed by atoms with Gasteiger partial charge < -0.3 is 17.3 Å². The summed E-state index contributed by atoms with van der Waals surface area (Å²) in [6.45, 7) is 0. The van der Waals surface area contributed by atoms with Crippen molar-refractivity contribution >= 4 is 7.25 Å².